The molecule has 6 nitrogen and oxygen atoms in total. The van der Waals surface area contributed by atoms with Gasteiger partial charge in [0.05, 0.1) is 10.6 Å². The average Bonchev–Trinajstić information content (AvgIpc) is 3.17. The number of alkyl halides is 3. The molecular formula is C21H22ClF3N4O2. The van der Waals surface area contributed by atoms with Gasteiger partial charge in [-0.3, -0.25) is 9.59 Å². The Kier molecular flexibility index (Phi) is 6.29. The molecule has 1 aromatic carbocycles. The van der Waals surface area contributed by atoms with Crippen molar-refractivity contribution in [3.05, 3.63) is 57.6 Å². The van der Waals surface area contributed by atoms with Crippen molar-refractivity contribution in [2.24, 2.45) is 10.4 Å². The molecule has 166 valence electrons. The van der Waals surface area contributed by atoms with Crippen LogP contribution in [0.4, 0.5) is 13.2 Å². The molecule has 0 aromatic heterocycles. The van der Waals surface area contributed by atoms with Gasteiger partial charge in [-0.05, 0) is 29.3 Å². The Morgan fingerprint density at radius 3 is 2.45 bits per heavy atom. The third-order valence-corrected chi connectivity index (χ3v) is 5.18. The number of amidine groups is 1. The van der Waals surface area contributed by atoms with Gasteiger partial charge < -0.3 is 10.7 Å². The number of amides is 1. The van der Waals surface area contributed by atoms with Gasteiger partial charge in [-0.25, -0.2) is 10.4 Å². The fourth-order valence-corrected chi connectivity index (χ4v) is 3.19. The summed E-state index contributed by atoms with van der Waals surface area (Å²) in [6.45, 7) is 5.55. The first-order valence-electron chi connectivity index (χ1n) is 9.54. The third-order valence-electron chi connectivity index (χ3n) is 4.77. The average molecular weight is 455 g/mol. The number of hydrazine groups is 1. The Morgan fingerprint density at radius 1 is 1.23 bits per heavy atom. The van der Waals surface area contributed by atoms with Gasteiger partial charge in [0, 0.05) is 24.0 Å². The first kappa shape index (κ1) is 23.0. The number of Topliss-reactive ketones (excluding diaryl/α,β-unsaturated/α-hetero) is 1. The lowest BCUT2D eigenvalue weighted by Gasteiger charge is -2.20. The lowest BCUT2D eigenvalue weighted by molar-refractivity contribution is -0.137. The van der Waals surface area contributed by atoms with Crippen molar-refractivity contribution in [2.45, 2.75) is 39.5 Å². The summed E-state index contributed by atoms with van der Waals surface area (Å²) in [5, 5.41) is 2.80. The highest BCUT2D eigenvalue weighted by Crippen LogP contribution is 2.31. The van der Waals surface area contributed by atoms with E-state index >= 15 is 0 Å². The van der Waals surface area contributed by atoms with Crippen molar-refractivity contribution < 1.29 is 22.8 Å². The second kappa shape index (κ2) is 8.47. The monoisotopic (exact) mass is 454 g/mol. The zero-order valence-electron chi connectivity index (χ0n) is 17.2. The van der Waals surface area contributed by atoms with Crippen molar-refractivity contribution in [3.63, 3.8) is 0 Å². The molecule has 3 rings (SSSR count). The first-order chi connectivity index (χ1) is 14.4. The number of benzene rings is 1. The summed E-state index contributed by atoms with van der Waals surface area (Å²) >= 11 is 6.20. The van der Waals surface area contributed by atoms with E-state index < -0.39 is 23.3 Å². The molecule has 2 aliphatic rings. The number of nitrogens with zero attached hydrogens (tertiary/aromatic N) is 1. The Hall–Kier alpha value is -2.65. The molecule has 31 heavy (non-hydrogen) atoms. The van der Waals surface area contributed by atoms with E-state index in [0.717, 1.165) is 12.1 Å². The highest BCUT2D eigenvalue weighted by atomic mass is 35.5. The van der Waals surface area contributed by atoms with Gasteiger partial charge in [-0.15, -0.1) is 0 Å². The fourth-order valence-electron chi connectivity index (χ4n) is 2.98. The number of carbonyl (C=O) groups is 2. The third kappa shape index (κ3) is 5.34. The Balaban J connectivity index is 1.79. The van der Waals surface area contributed by atoms with Crippen molar-refractivity contribution in [1.82, 2.24) is 16.2 Å². The molecule has 10 heteroatoms. The van der Waals surface area contributed by atoms with E-state index in [1.165, 1.54) is 12.1 Å². The van der Waals surface area contributed by atoms with Crippen molar-refractivity contribution in [3.8, 4) is 0 Å². The SMILES string of the molecule is CC(C)(C)C(=O)NCC1=CC(C2=NC(c3ccc(C(F)(F)F)cc3)NN2)=C(Cl)C(=O)C1. The summed E-state index contributed by atoms with van der Waals surface area (Å²) in [7, 11) is 0. The molecule has 0 bridgehead atoms. The molecule has 0 saturated heterocycles. The molecule has 1 heterocycles. The van der Waals surface area contributed by atoms with Crippen LogP contribution in [0.5, 0.6) is 0 Å². The van der Waals surface area contributed by atoms with Gasteiger partial charge in [0.2, 0.25) is 5.91 Å². The summed E-state index contributed by atoms with van der Waals surface area (Å²) in [5.41, 5.74) is 5.92. The van der Waals surface area contributed by atoms with E-state index in [-0.39, 0.29) is 29.7 Å². The van der Waals surface area contributed by atoms with Gasteiger partial charge >= 0.3 is 6.18 Å². The van der Waals surface area contributed by atoms with E-state index in [0.29, 0.717) is 22.5 Å². The minimum atomic E-state index is -4.42. The molecular weight excluding hydrogens is 433 g/mol. The van der Waals surface area contributed by atoms with Crippen LogP contribution in [-0.2, 0) is 15.8 Å². The van der Waals surface area contributed by atoms with Gasteiger partial charge in [0.15, 0.2) is 5.78 Å². The largest absolute Gasteiger partial charge is 0.416 e. The Bertz CT molecular complexity index is 989. The van der Waals surface area contributed by atoms with Crippen molar-refractivity contribution in [1.29, 1.82) is 0 Å². The molecule has 0 spiro atoms. The molecule has 1 aliphatic carbocycles. The second-order valence-electron chi connectivity index (χ2n) is 8.33. The molecule has 1 amide bonds. The number of hydrogen-bond donors (Lipinski definition) is 3. The minimum absolute atomic E-state index is 0.00650. The maximum Gasteiger partial charge on any atom is 0.416 e. The molecule has 0 radical (unpaired) electrons. The molecule has 3 N–H and O–H groups in total. The zero-order valence-corrected chi connectivity index (χ0v) is 17.9. The van der Waals surface area contributed by atoms with Crippen LogP contribution in [0.15, 0.2) is 51.5 Å². The van der Waals surface area contributed by atoms with Crippen LogP contribution in [0.25, 0.3) is 0 Å². The van der Waals surface area contributed by atoms with Gasteiger partial charge in [0.25, 0.3) is 0 Å². The second-order valence-corrected chi connectivity index (χ2v) is 8.71. The number of carbonyl (C=O) groups excluding carboxylic acids is 2. The normalized spacial score (nSPS) is 19.7. The van der Waals surface area contributed by atoms with Gasteiger partial charge in [-0.1, -0.05) is 44.5 Å². The van der Waals surface area contributed by atoms with Crippen molar-refractivity contribution >= 4 is 29.1 Å². The number of rotatable bonds is 4. The van der Waals surface area contributed by atoms with Crippen LogP contribution in [0.2, 0.25) is 0 Å². The molecule has 0 fully saturated rings. The lowest BCUT2D eigenvalue weighted by atomic mass is 9.94. The Labute approximate surface area is 182 Å². The summed E-state index contributed by atoms with van der Waals surface area (Å²) < 4.78 is 38.3. The standard InChI is InChI=1S/C21H22ClF3N4O2/c1-20(2,3)19(31)26-10-11-8-14(16(22)15(30)9-11)18-27-17(28-29-18)12-4-6-13(7-5-12)21(23,24)25/h4-8,17,28H,9-10H2,1-3H3,(H,26,31)(H,27,29). The molecule has 1 aliphatic heterocycles. The summed E-state index contributed by atoms with van der Waals surface area (Å²) in [6.07, 6.45) is -3.30. The van der Waals surface area contributed by atoms with Crippen LogP contribution < -0.4 is 16.2 Å². The van der Waals surface area contributed by atoms with Gasteiger partial charge in [-0.2, -0.15) is 13.2 Å². The number of aliphatic imine (C=N–C) groups is 1. The quantitative estimate of drug-likeness (QED) is 0.647. The van der Waals surface area contributed by atoms with E-state index in [1.807, 2.05) is 0 Å². The minimum Gasteiger partial charge on any atom is -0.352 e. The van der Waals surface area contributed by atoms with E-state index in [2.05, 4.69) is 21.2 Å². The fraction of sp³-hybridized carbons (Fsp3) is 0.381. The smallest absolute Gasteiger partial charge is 0.352 e. The number of allylic oxidation sites excluding steroid dienone is 1. The molecule has 0 saturated carbocycles. The highest BCUT2D eigenvalue weighted by molar-refractivity contribution is 6.45. The van der Waals surface area contributed by atoms with Crippen LogP contribution in [0.3, 0.4) is 0 Å². The predicted octanol–water partition coefficient (Wildman–Crippen LogP) is 3.76. The predicted molar refractivity (Wildman–Crippen MR) is 111 cm³/mol. The molecule has 1 aromatic rings. The maximum absolute atomic E-state index is 12.8. The molecule has 1 unspecified atom stereocenters. The van der Waals surface area contributed by atoms with E-state index in [4.69, 9.17) is 11.6 Å². The summed E-state index contributed by atoms with van der Waals surface area (Å²) in [5.74, 6) is -0.160. The van der Waals surface area contributed by atoms with Crippen molar-refractivity contribution in [2.75, 3.05) is 6.54 Å². The van der Waals surface area contributed by atoms with Crippen LogP contribution in [0, 0.1) is 5.41 Å². The number of nitrogens with one attached hydrogen (secondary N) is 3. The number of ketones is 1. The van der Waals surface area contributed by atoms with Crippen LogP contribution in [-0.4, -0.2) is 24.1 Å². The van der Waals surface area contributed by atoms with Crippen LogP contribution >= 0.6 is 11.6 Å². The number of halogens is 4. The topological polar surface area (TPSA) is 82.6 Å². The summed E-state index contributed by atoms with van der Waals surface area (Å²) in [4.78, 5) is 28.9. The van der Waals surface area contributed by atoms with E-state index in [1.54, 1.807) is 26.8 Å². The maximum atomic E-state index is 12.8. The highest BCUT2D eigenvalue weighted by Gasteiger charge is 2.31. The van der Waals surface area contributed by atoms with Gasteiger partial charge in [0.1, 0.15) is 12.0 Å². The summed E-state index contributed by atoms with van der Waals surface area (Å²) in [6, 6.07) is 4.63. The number of hydrogen-bond acceptors (Lipinski definition) is 5. The molecule has 1 atom stereocenters. The first-order valence-corrected chi connectivity index (χ1v) is 9.91. The zero-order chi connectivity index (χ0) is 23.0. The lowest BCUT2D eigenvalue weighted by Crippen LogP contribution is -2.37. The Morgan fingerprint density at radius 2 is 1.87 bits per heavy atom. The van der Waals surface area contributed by atoms with Crippen LogP contribution in [0.1, 0.15) is 44.5 Å². The van der Waals surface area contributed by atoms with E-state index in [9.17, 15) is 22.8 Å².